The van der Waals surface area contributed by atoms with E-state index < -0.39 is 8.56 Å². The van der Waals surface area contributed by atoms with Crippen LogP contribution in [0.5, 0.6) is 0 Å². The van der Waals surface area contributed by atoms with Gasteiger partial charge >= 0.3 is 8.56 Å². The first kappa shape index (κ1) is 10.6. The molecule has 2 aliphatic carbocycles. The molecule has 0 saturated heterocycles. The van der Waals surface area contributed by atoms with Crippen LogP contribution < -0.4 is 0 Å². The third-order valence-corrected chi connectivity index (χ3v) is 6.55. The summed E-state index contributed by atoms with van der Waals surface area (Å²) in [7, 11) is 1.24. The van der Waals surface area contributed by atoms with Crippen LogP contribution >= 0.6 is 0 Å². The average molecular weight is 220 g/mol. The summed E-state index contributed by atoms with van der Waals surface area (Å²) in [6.07, 6.45) is 14.7. The normalized spacial score (nSPS) is 19.6. The number of rotatable bonds is 4. The maximum absolute atomic E-state index is 5.76. The SMILES string of the molecule is CO[Si](OC)(C1=CC=CC1)C1=CC=CC1. The Morgan fingerprint density at radius 2 is 1.40 bits per heavy atom. The largest absolute Gasteiger partial charge is 0.398 e. The fourth-order valence-corrected chi connectivity index (χ4v) is 5.23. The Hall–Kier alpha value is -0.903. The molecule has 0 N–H and O–H groups in total. The Labute approximate surface area is 91.8 Å². The van der Waals surface area contributed by atoms with Crippen molar-refractivity contribution >= 4 is 8.56 Å². The summed E-state index contributed by atoms with van der Waals surface area (Å²) in [5.41, 5.74) is 0. The molecule has 0 atom stereocenters. The van der Waals surface area contributed by atoms with Gasteiger partial charge in [-0.25, -0.2) is 0 Å². The molecule has 0 saturated carbocycles. The molecule has 0 bridgehead atoms. The molecular formula is C12H16O2Si. The predicted octanol–water partition coefficient (Wildman–Crippen LogP) is 2.57. The predicted molar refractivity (Wildman–Crippen MR) is 63.5 cm³/mol. The maximum Gasteiger partial charge on any atom is 0.398 e. The molecule has 0 spiro atoms. The van der Waals surface area contributed by atoms with E-state index in [9.17, 15) is 0 Å². The van der Waals surface area contributed by atoms with Gasteiger partial charge in [-0.2, -0.15) is 0 Å². The van der Waals surface area contributed by atoms with E-state index >= 15 is 0 Å². The van der Waals surface area contributed by atoms with Crippen LogP contribution in [0.1, 0.15) is 12.8 Å². The Kier molecular flexibility index (Phi) is 3.05. The molecule has 80 valence electrons. The van der Waals surface area contributed by atoms with E-state index in [1.54, 1.807) is 14.2 Å². The highest BCUT2D eigenvalue weighted by atomic mass is 28.4. The van der Waals surface area contributed by atoms with Gasteiger partial charge in [0.15, 0.2) is 0 Å². The molecule has 2 aliphatic rings. The highest BCUT2D eigenvalue weighted by molar-refractivity contribution is 6.82. The van der Waals surface area contributed by atoms with E-state index in [0.29, 0.717) is 0 Å². The first-order chi connectivity index (χ1) is 7.33. The third kappa shape index (κ3) is 1.67. The van der Waals surface area contributed by atoms with Gasteiger partial charge in [0.2, 0.25) is 0 Å². The van der Waals surface area contributed by atoms with Crippen LogP contribution in [0.4, 0.5) is 0 Å². The number of hydrogen-bond acceptors (Lipinski definition) is 2. The molecule has 15 heavy (non-hydrogen) atoms. The highest BCUT2D eigenvalue weighted by Gasteiger charge is 2.44. The summed E-state index contributed by atoms with van der Waals surface area (Å²) in [5, 5.41) is 2.62. The summed E-state index contributed by atoms with van der Waals surface area (Å²) in [4.78, 5) is 0. The molecule has 0 aromatic rings. The smallest absolute Gasteiger partial charge is 0.391 e. The van der Waals surface area contributed by atoms with Crippen molar-refractivity contribution < 1.29 is 8.85 Å². The summed E-state index contributed by atoms with van der Waals surface area (Å²) in [5.74, 6) is 0. The zero-order valence-electron chi connectivity index (χ0n) is 9.19. The Morgan fingerprint density at radius 1 is 0.933 bits per heavy atom. The van der Waals surface area contributed by atoms with Gasteiger partial charge in [-0.3, -0.25) is 0 Å². The molecule has 0 heterocycles. The van der Waals surface area contributed by atoms with Crippen LogP contribution in [-0.2, 0) is 8.85 Å². The minimum absolute atomic E-state index is 0.964. The van der Waals surface area contributed by atoms with E-state index in [1.165, 1.54) is 10.4 Å². The average Bonchev–Trinajstić information content (AvgIpc) is 2.92. The van der Waals surface area contributed by atoms with Crippen LogP contribution in [0.15, 0.2) is 46.8 Å². The quantitative estimate of drug-likeness (QED) is 0.678. The lowest BCUT2D eigenvalue weighted by Gasteiger charge is -2.30. The van der Waals surface area contributed by atoms with Gasteiger partial charge in [0.05, 0.1) is 0 Å². The van der Waals surface area contributed by atoms with Crippen molar-refractivity contribution in [2.24, 2.45) is 0 Å². The van der Waals surface area contributed by atoms with Gasteiger partial charge < -0.3 is 8.85 Å². The third-order valence-electron chi connectivity index (χ3n) is 2.96. The molecule has 3 heteroatoms. The topological polar surface area (TPSA) is 18.5 Å². The van der Waals surface area contributed by atoms with Crippen molar-refractivity contribution in [1.82, 2.24) is 0 Å². The molecule has 2 rings (SSSR count). The standard InChI is InChI=1S/C12H16O2Si/c1-13-15(14-2,11-7-3-4-8-11)12-9-5-6-10-12/h3-7,9H,8,10H2,1-2H3. The zero-order valence-corrected chi connectivity index (χ0v) is 10.2. The van der Waals surface area contributed by atoms with Gasteiger partial charge in [0, 0.05) is 14.2 Å². The maximum atomic E-state index is 5.76. The fourth-order valence-electron chi connectivity index (χ4n) is 2.20. The van der Waals surface area contributed by atoms with E-state index in [-0.39, 0.29) is 0 Å². The van der Waals surface area contributed by atoms with Crippen LogP contribution in [-0.4, -0.2) is 22.8 Å². The van der Waals surface area contributed by atoms with Crippen molar-refractivity contribution in [3.63, 3.8) is 0 Å². The lowest BCUT2D eigenvalue weighted by atomic mass is 10.5. The van der Waals surface area contributed by atoms with Crippen LogP contribution in [0.2, 0.25) is 0 Å². The first-order valence-corrected chi connectivity index (χ1v) is 6.98. The molecule has 0 aromatic heterocycles. The highest BCUT2D eigenvalue weighted by Crippen LogP contribution is 2.33. The van der Waals surface area contributed by atoms with E-state index in [4.69, 9.17) is 8.85 Å². The van der Waals surface area contributed by atoms with E-state index in [0.717, 1.165) is 12.8 Å². The second-order valence-corrected chi connectivity index (χ2v) is 7.01. The van der Waals surface area contributed by atoms with Crippen molar-refractivity contribution in [2.75, 3.05) is 14.2 Å². The van der Waals surface area contributed by atoms with Gasteiger partial charge in [0.1, 0.15) is 0 Å². The molecule has 0 aliphatic heterocycles. The van der Waals surface area contributed by atoms with Gasteiger partial charge in [0.25, 0.3) is 0 Å². The summed E-state index contributed by atoms with van der Waals surface area (Å²) >= 11 is 0. The molecule has 2 nitrogen and oxygen atoms in total. The minimum atomic E-state index is -2.28. The molecule has 0 amide bonds. The molecule has 0 aromatic carbocycles. The van der Waals surface area contributed by atoms with E-state index in [1.807, 2.05) is 0 Å². The van der Waals surface area contributed by atoms with Crippen LogP contribution in [0.3, 0.4) is 0 Å². The Bertz CT molecular complexity index is 328. The monoisotopic (exact) mass is 220 g/mol. The summed E-state index contributed by atoms with van der Waals surface area (Å²) in [6.45, 7) is 0. The molecular weight excluding hydrogens is 204 g/mol. The first-order valence-electron chi connectivity index (χ1n) is 5.16. The zero-order chi connectivity index (χ0) is 10.7. The number of allylic oxidation sites excluding steroid dienone is 8. The minimum Gasteiger partial charge on any atom is -0.391 e. The fraction of sp³-hybridized carbons (Fsp3) is 0.333. The Balaban J connectivity index is 2.31. The molecule has 0 fully saturated rings. The lowest BCUT2D eigenvalue weighted by Crippen LogP contribution is -2.44. The second-order valence-electron chi connectivity index (χ2n) is 3.67. The molecule has 0 unspecified atom stereocenters. The second kappa shape index (κ2) is 4.31. The van der Waals surface area contributed by atoms with Crippen LogP contribution in [0, 0.1) is 0 Å². The van der Waals surface area contributed by atoms with Crippen molar-refractivity contribution in [1.29, 1.82) is 0 Å². The van der Waals surface area contributed by atoms with Gasteiger partial charge in [-0.05, 0) is 23.2 Å². The van der Waals surface area contributed by atoms with Crippen LogP contribution in [0.25, 0.3) is 0 Å². The lowest BCUT2D eigenvalue weighted by molar-refractivity contribution is 0.261. The Morgan fingerprint density at radius 3 is 1.67 bits per heavy atom. The molecule has 0 radical (unpaired) electrons. The summed E-state index contributed by atoms with van der Waals surface area (Å²) in [6, 6.07) is 0. The van der Waals surface area contributed by atoms with E-state index in [2.05, 4.69) is 36.5 Å². The van der Waals surface area contributed by atoms with Crippen molar-refractivity contribution in [2.45, 2.75) is 12.8 Å². The summed E-state index contributed by atoms with van der Waals surface area (Å²) < 4.78 is 11.5. The van der Waals surface area contributed by atoms with Gasteiger partial charge in [-0.15, -0.1) is 0 Å². The number of hydrogen-bond donors (Lipinski definition) is 0. The van der Waals surface area contributed by atoms with Crippen molar-refractivity contribution in [3.05, 3.63) is 46.8 Å². The van der Waals surface area contributed by atoms with Crippen molar-refractivity contribution in [3.8, 4) is 0 Å². The van der Waals surface area contributed by atoms with Gasteiger partial charge in [-0.1, -0.05) is 36.5 Å².